The zero-order chi connectivity index (χ0) is 18.8. The summed E-state index contributed by atoms with van der Waals surface area (Å²) in [5.74, 6) is 0.665. The number of hydrogen-bond acceptors (Lipinski definition) is 5. The molecule has 1 aromatic heterocycles. The van der Waals surface area contributed by atoms with Crippen molar-refractivity contribution >= 4 is 17.5 Å². The predicted molar refractivity (Wildman–Crippen MR) is 99.9 cm³/mol. The van der Waals surface area contributed by atoms with Crippen molar-refractivity contribution in [1.29, 1.82) is 0 Å². The van der Waals surface area contributed by atoms with Gasteiger partial charge in [-0.15, -0.1) is 0 Å². The van der Waals surface area contributed by atoms with Crippen LogP contribution in [0.5, 0.6) is 0 Å². The number of aryl methyl sites for hydroxylation is 1. The van der Waals surface area contributed by atoms with Crippen molar-refractivity contribution in [1.82, 2.24) is 15.5 Å². The summed E-state index contributed by atoms with van der Waals surface area (Å²) in [5, 5.41) is 7.07. The molecule has 142 valence electrons. The van der Waals surface area contributed by atoms with Gasteiger partial charge < -0.3 is 14.7 Å². The number of benzene rings is 1. The number of amides is 2. The minimum atomic E-state index is -0.296. The summed E-state index contributed by atoms with van der Waals surface area (Å²) in [6.07, 6.45) is 5.93. The Balaban J connectivity index is 1.45. The van der Waals surface area contributed by atoms with Gasteiger partial charge in [-0.3, -0.25) is 9.59 Å². The highest BCUT2D eigenvalue weighted by molar-refractivity contribution is 6.00. The molecule has 1 aliphatic heterocycles. The summed E-state index contributed by atoms with van der Waals surface area (Å²) < 4.78 is 5.03. The molecule has 2 heterocycles. The second-order valence-electron chi connectivity index (χ2n) is 7.44. The predicted octanol–water partition coefficient (Wildman–Crippen LogP) is 2.85. The van der Waals surface area contributed by atoms with Crippen LogP contribution in [-0.2, 0) is 9.59 Å². The van der Waals surface area contributed by atoms with Crippen LogP contribution in [0.25, 0.3) is 11.4 Å². The molecule has 1 saturated carbocycles. The van der Waals surface area contributed by atoms with Crippen LogP contribution in [0.2, 0.25) is 0 Å². The average Bonchev–Trinajstić information content (AvgIpc) is 3.29. The van der Waals surface area contributed by atoms with Crippen LogP contribution in [-0.4, -0.2) is 34.5 Å². The number of carbonyl (C=O) groups is 2. The van der Waals surface area contributed by atoms with E-state index in [1.54, 1.807) is 11.8 Å². The molecule has 7 nitrogen and oxygen atoms in total. The molecule has 0 bridgehead atoms. The Morgan fingerprint density at radius 3 is 2.81 bits per heavy atom. The van der Waals surface area contributed by atoms with Crippen molar-refractivity contribution in [3.05, 3.63) is 30.2 Å². The minimum absolute atomic E-state index is 0.00250. The Morgan fingerprint density at radius 2 is 2.07 bits per heavy atom. The van der Waals surface area contributed by atoms with Gasteiger partial charge in [0, 0.05) is 37.2 Å². The van der Waals surface area contributed by atoms with E-state index in [-0.39, 0.29) is 30.2 Å². The Bertz CT molecular complexity index is 841. The fourth-order valence-corrected chi connectivity index (χ4v) is 3.93. The van der Waals surface area contributed by atoms with E-state index in [2.05, 4.69) is 15.5 Å². The number of nitrogens with one attached hydrogen (secondary N) is 1. The molecule has 0 spiro atoms. The van der Waals surface area contributed by atoms with Crippen molar-refractivity contribution in [3.63, 3.8) is 0 Å². The molecule has 7 heteroatoms. The first kappa shape index (κ1) is 17.7. The highest BCUT2D eigenvalue weighted by atomic mass is 16.5. The van der Waals surface area contributed by atoms with Gasteiger partial charge in [0.1, 0.15) is 0 Å². The topological polar surface area (TPSA) is 88.3 Å². The summed E-state index contributed by atoms with van der Waals surface area (Å²) in [4.78, 5) is 31.0. The summed E-state index contributed by atoms with van der Waals surface area (Å²) in [6, 6.07) is 7.74. The highest BCUT2D eigenvalue weighted by Crippen LogP contribution is 2.29. The molecule has 27 heavy (non-hydrogen) atoms. The molecule has 1 aliphatic carbocycles. The lowest BCUT2D eigenvalue weighted by molar-refractivity contribution is -0.127. The summed E-state index contributed by atoms with van der Waals surface area (Å²) in [6.45, 7) is 2.14. The molecule has 4 rings (SSSR count). The number of rotatable bonds is 4. The van der Waals surface area contributed by atoms with Gasteiger partial charge >= 0.3 is 0 Å². The first-order valence-electron chi connectivity index (χ1n) is 9.61. The normalized spacial score (nSPS) is 20.9. The molecule has 1 N–H and O–H groups in total. The van der Waals surface area contributed by atoms with E-state index in [4.69, 9.17) is 4.52 Å². The van der Waals surface area contributed by atoms with E-state index in [0.717, 1.165) is 24.1 Å². The van der Waals surface area contributed by atoms with Gasteiger partial charge in [-0.1, -0.05) is 36.6 Å². The van der Waals surface area contributed by atoms with E-state index in [0.29, 0.717) is 18.3 Å². The summed E-state index contributed by atoms with van der Waals surface area (Å²) >= 11 is 0. The lowest BCUT2D eigenvalue weighted by Crippen LogP contribution is -2.40. The van der Waals surface area contributed by atoms with Crippen molar-refractivity contribution in [2.24, 2.45) is 5.92 Å². The SMILES string of the molecule is Cc1nc(-c2cccc(N3C[C@H](C(=O)NC4CCCCC4)CC3=O)c2)no1. The van der Waals surface area contributed by atoms with E-state index < -0.39 is 0 Å². The molecule has 1 saturated heterocycles. The van der Waals surface area contributed by atoms with Crippen molar-refractivity contribution in [2.75, 3.05) is 11.4 Å². The first-order chi connectivity index (χ1) is 13.1. The zero-order valence-corrected chi connectivity index (χ0v) is 15.5. The standard InChI is InChI=1S/C20H24N4O3/c1-13-21-19(23-27-13)14-6-5-9-17(10-14)24-12-15(11-18(24)25)20(26)22-16-7-3-2-4-8-16/h5-6,9-10,15-16H,2-4,7-8,11-12H2,1H3,(H,22,26)/t15-/m1/s1. The molecule has 2 aromatic rings. The quantitative estimate of drug-likeness (QED) is 0.896. The van der Waals surface area contributed by atoms with Crippen LogP contribution in [0.1, 0.15) is 44.4 Å². The number of aromatic nitrogens is 2. The Hall–Kier alpha value is -2.70. The lowest BCUT2D eigenvalue weighted by atomic mass is 9.95. The summed E-state index contributed by atoms with van der Waals surface area (Å²) in [7, 11) is 0. The maximum Gasteiger partial charge on any atom is 0.227 e. The van der Waals surface area contributed by atoms with Gasteiger partial charge in [0.25, 0.3) is 0 Å². The van der Waals surface area contributed by atoms with Crippen LogP contribution in [0.3, 0.4) is 0 Å². The number of anilines is 1. The van der Waals surface area contributed by atoms with Gasteiger partial charge in [0.2, 0.25) is 23.5 Å². The average molecular weight is 368 g/mol. The molecular formula is C20H24N4O3. The van der Waals surface area contributed by atoms with E-state index in [1.807, 2.05) is 24.3 Å². The fraction of sp³-hybridized carbons (Fsp3) is 0.500. The Kier molecular flexibility index (Phi) is 4.92. The summed E-state index contributed by atoms with van der Waals surface area (Å²) in [5.41, 5.74) is 1.54. The highest BCUT2D eigenvalue weighted by Gasteiger charge is 2.36. The van der Waals surface area contributed by atoms with Gasteiger partial charge in [-0.2, -0.15) is 4.98 Å². The molecule has 1 atom stereocenters. The first-order valence-corrected chi connectivity index (χ1v) is 9.61. The third-order valence-corrected chi connectivity index (χ3v) is 5.39. The van der Waals surface area contributed by atoms with Gasteiger partial charge in [0.15, 0.2) is 0 Å². The molecule has 2 aliphatic rings. The zero-order valence-electron chi connectivity index (χ0n) is 15.5. The molecule has 2 fully saturated rings. The molecule has 1 aromatic carbocycles. The van der Waals surface area contributed by atoms with E-state index in [1.165, 1.54) is 19.3 Å². The van der Waals surface area contributed by atoms with Gasteiger partial charge in [-0.05, 0) is 25.0 Å². The third kappa shape index (κ3) is 3.86. The van der Waals surface area contributed by atoms with E-state index in [9.17, 15) is 9.59 Å². The number of nitrogens with zero attached hydrogens (tertiary/aromatic N) is 3. The van der Waals surface area contributed by atoms with Crippen molar-refractivity contribution < 1.29 is 14.1 Å². The number of hydrogen-bond donors (Lipinski definition) is 1. The molecule has 2 amide bonds. The largest absolute Gasteiger partial charge is 0.353 e. The van der Waals surface area contributed by atoms with Crippen LogP contribution in [0.4, 0.5) is 5.69 Å². The van der Waals surface area contributed by atoms with Crippen LogP contribution < -0.4 is 10.2 Å². The second-order valence-corrected chi connectivity index (χ2v) is 7.44. The molecule has 0 unspecified atom stereocenters. The van der Waals surface area contributed by atoms with Crippen molar-refractivity contribution in [3.8, 4) is 11.4 Å². The monoisotopic (exact) mass is 368 g/mol. The van der Waals surface area contributed by atoms with Crippen LogP contribution in [0.15, 0.2) is 28.8 Å². The van der Waals surface area contributed by atoms with Crippen LogP contribution in [0, 0.1) is 12.8 Å². The smallest absolute Gasteiger partial charge is 0.227 e. The Labute approximate surface area is 158 Å². The maximum atomic E-state index is 12.6. The minimum Gasteiger partial charge on any atom is -0.353 e. The molecular weight excluding hydrogens is 344 g/mol. The number of carbonyl (C=O) groups excluding carboxylic acids is 2. The van der Waals surface area contributed by atoms with Crippen LogP contribution >= 0.6 is 0 Å². The van der Waals surface area contributed by atoms with Gasteiger partial charge in [0.05, 0.1) is 5.92 Å². The van der Waals surface area contributed by atoms with Crippen molar-refractivity contribution in [2.45, 2.75) is 51.5 Å². The maximum absolute atomic E-state index is 12.6. The molecule has 0 radical (unpaired) electrons. The lowest BCUT2D eigenvalue weighted by Gasteiger charge is -2.24. The Morgan fingerprint density at radius 1 is 1.26 bits per heavy atom. The second kappa shape index (κ2) is 7.50. The fourth-order valence-electron chi connectivity index (χ4n) is 3.93. The third-order valence-electron chi connectivity index (χ3n) is 5.39. The van der Waals surface area contributed by atoms with Gasteiger partial charge in [-0.25, -0.2) is 0 Å². The van der Waals surface area contributed by atoms with E-state index >= 15 is 0 Å².